The first-order valence-corrected chi connectivity index (χ1v) is 8.93. The zero-order valence-electron chi connectivity index (χ0n) is 12.2. The maximum Gasteiger partial charge on any atom is 0.242 e. The van der Waals surface area contributed by atoms with Gasteiger partial charge in [-0.15, -0.1) is 0 Å². The fourth-order valence-electron chi connectivity index (χ4n) is 2.94. The van der Waals surface area contributed by atoms with Crippen LogP contribution in [0.2, 0.25) is 0 Å². The molecule has 1 aliphatic heterocycles. The number of hydrogen-bond acceptors (Lipinski definition) is 3. The molecule has 0 aromatic heterocycles. The number of para-hydroxylation sites is 2. The summed E-state index contributed by atoms with van der Waals surface area (Å²) in [6, 6.07) is 16.8. The molecule has 0 bridgehead atoms. The van der Waals surface area contributed by atoms with Crippen molar-refractivity contribution in [2.75, 3.05) is 10.9 Å². The number of hydrogen-bond donors (Lipinski definition) is 1. The topological polar surface area (TPSA) is 57.6 Å². The molecular formula is C17H19NO3S. The fourth-order valence-corrected chi connectivity index (χ4v) is 4.96. The Labute approximate surface area is 131 Å². The normalized spacial score (nSPS) is 19.7. The summed E-state index contributed by atoms with van der Waals surface area (Å²) in [7, 11) is -3.48. The molecule has 0 spiro atoms. The van der Waals surface area contributed by atoms with Crippen molar-refractivity contribution in [2.24, 2.45) is 0 Å². The number of aliphatic hydroxyl groups is 1. The highest BCUT2D eigenvalue weighted by Crippen LogP contribution is 2.39. The third-order valence-electron chi connectivity index (χ3n) is 4.01. The Morgan fingerprint density at radius 2 is 1.73 bits per heavy atom. The van der Waals surface area contributed by atoms with Crippen molar-refractivity contribution in [2.45, 2.75) is 24.5 Å². The lowest BCUT2D eigenvalue weighted by atomic mass is 10.0. The zero-order chi connectivity index (χ0) is 15.6. The van der Waals surface area contributed by atoms with E-state index in [1.165, 1.54) is 4.31 Å². The molecule has 0 unspecified atom stereocenters. The second-order valence-corrected chi connectivity index (χ2v) is 7.53. The third kappa shape index (κ3) is 2.62. The van der Waals surface area contributed by atoms with Crippen molar-refractivity contribution in [3.8, 4) is 0 Å². The highest BCUT2D eigenvalue weighted by Gasteiger charge is 2.38. The number of anilines is 2. The van der Waals surface area contributed by atoms with Gasteiger partial charge in [0.1, 0.15) is 0 Å². The number of benzene rings is 2. The minimum absolute atomic E-state index is 0.0129. The molecule has 0 fully saturated rings. The Balaban J connectivity index is 2.12. The summed E-state index contributed by atoms with van der Waals surface area (Å²) in [5, 5.41) is 8.55. The van der Waals surface area contributed by atoms with Crippen LogP contribution in [0.3, 0.4) is 0 Å². The smallest absolute Gasteiger partial charge is 0.242 e. The van der Waals surface area contributed by atoms with Crippen molar-refractivity contribution in [3.63, 3.8) is 0 Å². The Morgan fingerprint density at radius 3 is 2.45 bits per heavy atom. The van der Waals surface area contributed by atoms with Gasteiger partial charge < -0.3 is 5.11 Å². The molecule has 1 atom stereocenters. The maximum atomic E-state index is 13.0. The molecule has 2 aromatic rings. The van der Waals surface area contributed by atoms with E-state index in [0.29, 0.717) is 24.9 Å². The van der Waals surface area contributed by atoms with Gasteiger partial charge in [0.2, 0.25) is 10.0 Å². The molecule has 0 saturated heterocycles. The molecule has 1 N–H and O–H groups in total. The van der Waals surface area contributed by atoms with Gasteiger partial charge in [-0.2, -0.15) is 0 Å². The molecular weight excluding hydrogens is 298 g/mol. The van der Waals surface area contributed by atoms with Crippen LogP contribution in [0.4, 0.5) is 11.4 Å². The summed E-state index contributed by atoms with van der Waals surface area (Å²) in [6.45, 7) is 0.0129. The second kappa shape index (κ2) is 6.10. The molecule has 1 heterocycles. The van der Waals surface area contributed by atoms with Crippen LogP contribution in [0.5, 0.6) is 0 Å². The number of sulfonamides is 1. The first-order chi connectivity index (χ1) is 10.6. The lowest BCUT2D eigenvalue weighted by Gasteiger charge is -2.35. The lowest BCUT2D eigenvalue weighted by Crippen LogP contribution is -2.41. The van der Waals surface area contributed by atoms with E-state index in [9.17, 15) is 8.42 Å². The number of rotatable bonds is 4. The van der Waals surface area contributed by atoms with E-state index in [1.54, 1.807) is 0 Å². The average molecular weight is 317 g/mol. The quantitative estimate of drug-likeness (QED) is 0.943. The maximum absolute atomic E-state index is 13.0. The third-order valence-corrected chi connectivity index (χ3v) is 6.17. The SMILES string of the molecule is O=S1(=O)[C@@H](CCCO)Cc2ccccc2N1c1ccccc1. The molecule has 2 aromatic carbocycles. The van der Waals surface area contributed by atoms with E-state index in [4.69, 9.17) is 5.11 Å². The van der Waals surface area contributed by atoms with E-state index >= 15 is 0 Å². The minimum Gasteiger partial charge on any atom is -0.396 e. The first kappa shape index (κ1) is 15.1. The summed E-state index contributed by atoms with van der Waals surface area (Å²) < 4.78 is 27.5. The molecule has 1 aliphatic rings. The summed E-state index contributed by atoms with van der Waals surface area (Å²) in [5.41, 5.74) is 2.42. The fraction of sp³-hybridized carbons (Fsp3) is 0.294. The van der Waals surface area contributed by atoms with Gasteiger partial charge in [-0.3, -0.25) is 0 Å². The Kier molecular flexibility index (Phi) is 4.18. The Bertz CT molecular complexity index is 744. The number of fused-ring (bicyclic) bond motifs is 1. The van der Waals surface area contributed by atoms with Gasteiger partial charge >= 0.3 is 0 Å². The summed E-state index contributed by atoms with van der Waals surface area (Å²) in [6.07, 6.45) is 1.47. The van der Waals surface area contributed by atoms with Gasteiger partial charge in [0, 0.05) is 6.61 Å². The van der Waals surface area contributed by atoms with Gasteiger partial charge in [-0.25, -0.2) is 12.7 Å². The predicted octanol–water partition coefficient (Wildman–Crippen LogP) is 2.85. The van der Waals surface area contributed by atoms with E-state index < -0.39 is 15.3 Å². The van der Waals surface area contributed by atoms with Crippen LogP contribution in [-0.4, -0.2) is 25.4 Å². The van der Waals surface area contributed by atoms with E-state index in [0.717, 1.165) is 11.3 Å². The largest absolute Gasteiger partial charge is 0.396 e. The van der Waals surface area contributed by atoms with Crippen LogP contribution in [-0.2, 0) is 16.4 Å². The van der Waals surface area contributed by atoms with Crippen molar-refractivity contribution in [3.05, 3.63) is 60.2 Å². The van der Waals surface area contributed by atoms with E-state index in [1.807, 2.05) is 54.6 Å². The van der Waals surface area contributed by atoms with Crippen LogP contribution in [0, 0.1) is 0 Å². The molecule has 116 valence electrons. The highest BCUT2D eigenvalue weighted by molar-refractivity contribution is 7.93. The van der Waals surface area contributed by atoms with Crippen LogP contribution in [0.25, 0.3) is 0 Å². The molecule has 3 rings (SSSR count). The van der Waals surface area contributed by atoms with Crippen molar-refractivity contribution in [1.29, 1.82) is 0 Å². The van der Waals surface area contributed by atoms with Gasteiger partial charge in [0.25, 0.3) is 0 Å². The summed E-state index contributed by atoms with van der Waals surface area (Å²) >= 11 is 0. The van der Waals surface area contributed by atoms with Gasteiger partial charge in [0.15, 0.2) is 0 Å². The molecule has 0 radical (unpaired) electrons. The summed E-state index contributed by atoms with van der Waals surface area (Å²) in [5.74, 6) is 0. The van der Waals surface area contributed by atoms with Crippen LogP contribution < -0.4 is 4.31 Å². The lowest BCUT2D eigenvalue weighted by molar-refractivity contribution is 0.283. The average Bonchev–Trinajstić information content (AvgIpc) is 2.53. The Hall–Kier alpha value is -1.85. The number of nitrogens with zero attached hydrogens (tertiary/aromatic N) is 1. The minimum atomic E-state index is -3.48. The van der Waals surface area contributed by atoms with Crippen LogP contribution in [0.15, 0.2) is 54.6 Å². The van der Waals surface area contributed by atoms with Crippen LogP contribution >= 0.6 is 0 Å². The van der Waals surface area contributed by atoms with Gasteiger partial charge in [0.05, 0.1) is 16.6 Å². The van der Waals surface area contributed by atoms with E-state index in [2.05, 4.69) is 0 Å². The van der Waals surface area contributed by atoms with E-state index in [-0.39, 0.29) is 6.61 Å². The van der Waals surface area contributed by atoms with Gasteiger partial charge in [-0.1, -0.05) is 36.4 Å². The van der Waals surface area contributed by atoms with Crippen molar-refractivity contribution >= 4 is 21.4 Å². The van der Waals surface area contributed by atoms with Crippen molar-refractivity contribution < 1.29 is 13.5 Å². The molecule has 0 aliphatic carbocycles. The zero-order valence-corrected chi connectivity index (χ0v) is 13.0. The summed E-state index contributed by atoms with van der Waals surface area (Å²) in [4.78, 5) is 0. The molecule has 4 nitrogen and oxygen atoms in total. The van der Waals surface area contributed by atoms with Crippen LogP contribution in [0.1, 0.15) is 18.4 Å². The predicted molar refractivity (Wildman–Crippen MR) is 87.8 cm³/mol. The Morgan fingerprint density at radius 1 is 1.05 bits per heavy atom. The highest BCUT2D eigenvalue weighted by atomic mass is 32.2. The molecule has 5 heteroatoms. The second-order valence-electron chi connectivity index (χ2n) is 5.47. The van der Waals surface area contributed by atoms with Gasteiger partial charge in [-0.05, 0) is 43.0 Å². The first-order valence-electron chi connectivity index (χ1n) is 7.42. The monoisotopic (exact) mass is 317 g/mol. The standard InChI is InChI=1S/C17H19NO3S/c19-12-6-10-16-13-14-7-4-5-11-17(14)18(22(16,20)21)15-8-2-1-3-9-15/h1-5,7-9,11,16,19H,6,10,12-13H2/t16-/m0/s1. The number of aliphatic hydroxyl groups excluding tert-OH is 1. The molecule has 0 saturated carbocycles. The van der Waals surface area contributed by atoms with Crippen molar-refractivity contribution in [1.82, 2.24) is 0 Å². The molecule has 22 heavy (non-hydrogen) atoms. The molecule has 0 amide bonds.